The zero-order valence-corrected chi connectivity index (χ0v) is 20.1. The molecule has 0 aliphatic carbocycles. The summed E-state index contributed by atoms with van der Waals surface area (Å²) in [6.07, 6.45) is -0.666. The third-order valence-electron chi connectivity index (χ3n) is 6.05. The zero-order chi connectivity index (χ0) is 26.5. The normalized spacial score (nSPS) is 11.7. The number of amides is 2. The molecule has 9 nitrogen and oxygen atoms in total. The Labute approximate surface area is 217 Å². The molecule has 0 spiro atoms. The molecule has 0 unspecified atom stereocenters. The summed E-state index contributed by atoms with van der Waals surface area (Å²) in [5.74, 6) is -0.476. The Hall–Kier alpha value is -5.18. The fourth-order valence-electron chi connectivity index (χ4n) is 4.14. The molecular weight excluding hydrogens is 486 g/mol. The lowest BCUT2D eigenvalue weighted by molar-refractivity contribution is -0.384. The summed E-state index contributed by atoms with van der Waals surface area (Å²) in [7, 11) is 0. The summed E-state index contributed by atoms with van der Waals surface area (Å²) in [6.45, 7) is 0.0429. The van der Waals surface area contributed by atoms with Crippen molar-refractivity contribution >= 4 is 45.3 Å². The van der Waals surface area contributed by atoms with Crippen molar-refractivity contribution in [3.8, 4) is 0 Å². The highest BCUT2D eigenvalue weighted by atomic mass is 16.6. The Morgan fingerprint density at radius 2 is 1.55 bits per heavy atom. The van der Waals surface area contributed by atoms with E-state index in [1.54, 1.807) is 24.3 Å². The molecule has 1 aromatic heterocycles. The molecule has 0 aliphatic rings. The quantitative estimate of drug-likeness (QED) is 0.196. The number of fused-ring (bicyclic) bond motifs is 3. The Balaban J connectivity index is 1.33. The second-order valence-corrected chi connectivity index (χ2v) is 8.68. The van der Waals surface area contributed by atoms with Crippen molar-refractivity contribution in [3.05, 3.63) is 118 Å². The highest BCUT2D eigenvalue weighted by molar-refractivity contribution is 6.06. The van der Waals surface area contributed by atoms with Crippen LogP contribution >= 0.6 is 0 Å². The fraction of sp³-hybridized carbons (Fsp3) is 0.103. The number of alkyl carbamates (subject to hydrolysis) is 1. The van der Waals surface area contributed by atoms with Gasteiger partial charge in [-0.05, 0) is 29.3 Å². The molecule has 5 rings (SSSR count). The third kappa shape index (κ3) is 5.62. The monoisotopic (exact) mass is 509 g/mol. The van der Waals surface area contributed by atoms with Crippen molar-refractivity contribution in [1.29, 1.82) is 0 Å². The Bertz CT molecular complexity index is 1610. The minimum atomic E-state index is -1.01. The molecule has 0 fully saturated rings. The lowest BCUT2D eigenvalue weighted by Gasteiger charge is -2.18. The van der Waals surface area contributed by atoms with E-state index in [0.29, 0.717) is 16.8 Å². The van der Waals surface area contributed by atoms with Gasteiger partial charge in [0.15, 0.2) is 0 Å². The lowest BCUT2D eigenvalue weighted by atomic mass is 10.0. The predicted octanol–water partition coefficient (Wildman–Crippen LogP) is 5.97. The second-order valence-electron chi connectivity index (χ2n) is 8.68. The number of nitrogens with one attached hydrogen (secondary N) is 2. The molecule has 190 valence electrons. The van der Waals surface area contributed by atoms with Gasteiger partial charge in [0.1, 0.15) is 23.8 Å². The number of nitrogens with zero attached hydrogens (tertiary/aromatic N) is 1. The van der Waals surface area contributed by atoms with Gasteiger partial charge in [0.2, 0.25) is 5.91 Å². The number of carbonyl (C=O) groups excluding carboxylic acids is 2. The number of rotatable bonds is 8. The van der Waals surface area contributed by atoms with Gasteiger partial charge < -0.3 is 19.8 Å². The van der Waals surface area contributed by atoms with Crippen LogP contribution in [0.4, 0.5) is 16.2 Å². The first kappa shape index (κ1) is 24.5. The van der Waals surface area contributed by atoms with Crippen molar-refractivity contribution in [1.82, 2.24) is 5.32 Å². The number of nitro benzene ring substituents is 1. The number of hydrogen-bond acceptors (Lipinski definition) is 6. The first-order valence-corrected chi connectivity index (χ1v) is 11.9. The molecule has 0 saturated carbocycles. The van der Waals surface area contributed by atoms with Crippen LogP contribution in [0.2, 0.25) is 0 Å². The number of carbonyl (C=O) groups is 2. The van der Waals surface area contributed by atoms with Crippen molar-refractivity contribution in [2.24, 2.45) is 0 Å². The topological polar surface area (TPSA) is 124 Å². The summed E-state index contributed by atoms with van der Waals surface area (Å²) in [4.78, 5) is 36.4. The van der Waals surface area contributed by atoms with Crippen molar-refractivity contribution in [2.75, 3.05) is 5.32 Å². The smallest absolute Gasteiger partial charge is 0.408 e. The van der Waals surface area contributed by atoms with E-state index < -0.39 is 23.0 Å². The van der Waals surface area contributed by atoms with Gasteiger partial charge in [-0.25, -0.2) is 4.79 Å². The van der Waals surface area contributed by atoms with Gasteiger partial charge in [0.25, 0.3) is 5.69 Å². The van der Waals surface area contributed by atoms with E-state index in [1.807, 2.05) is 60.7 Å². The van der Waals surface area contributed by atoms with Crippen LogP contribution in [0, 0.1) is 10.1 Å². The highest BCUT2D eigenvalue weighted by Crippen LogP contribution is 2.30. The molecule has 1 atom stereocenters. The number of para-hydroxylation sites is 1. The average Bonchev–Trinajstić information content (AvgIpc) is 3.30. The van der Waals surface area contributed by atoms with E-state index in [2.05, 4.69) is 10.6 Å². The first-order chi connectivity index (χ1) is 18.5. The molecule has 2 amide bonds. The number of hydrogen-bond donors (Lipinski definition) is 2. The Kier molecular flexibility index (Phi) is 6.99. The van der Waals surface area contributed by atoms with Gasteiger partial charge in [-0.15, -0.1) is 0 Å². The average molecular weight is 510 g/mol. The summed E-state index contributed by atoms with van der Waals surface area (Å²) in [5.41, 5.74) is 3.22. The maximum atomic E-state index is 13.3. The van der Waals surface area contributed by atoms with E-state index in [1.165, 1.54) is 12.1 Å². The highest BCUT2D eigenvalue weighted by Gasteiger charge is 2.23. The van der Waals surface area contributed by atoms with E-state index in [9.17, 15) is 19.7 Å². The maximum absolute atomic E-state index is 13.3. The third-order valence-corrected chi connectivity index (χ3v) is 6.05. The minimum Gasteiger partial charge on any atom is -0.456 e. The largest absolute Gasteiger partial charge is 0.456 e. The maximum Gasteiger partial charge on any atom is 0.408 e. The van der Waals surface area contributed by atoms with Crippen LogP contribution < -0.4 is 10.6 Å². The summed E-state index contributed by atoms with van der Waals surface area (Å²) < 4.78 is 11.2. The van der Waals surface area contributed by atoms with E-state index in [0.717, 1.165) is 21.9 Å². The van der Waals surface area contributed by atoms with Crippen LogP contribution in [0.3, 0.4) is 0 Å². The van der Waals surface area contributed by atoms with Gasteiger partial charge in [0, 0.05) is 41.1 Å². The molecular formula is C29H23N3O6. The second kappa shape index (κ2) is 10.8. The van der Waals surface area contributed by atoms with Gasteiger partial charge in [-0.1, -0.05) is 60.7 Å². The van der Waals surface area contributed by atoms with Crippen LogP contribution in [0.15, 0.2) is 101 Å². The van der Waals surface area contributed by atoms with Crippen LogP contribution in [0.25, 0.3) is 21.9 Å². The summed E-state index contributed by atoms with van der Waals surface area (Å²) in [5, 5.41) is 18.3. The van der Waals surface area contributed by atoms with Crippen LogP contribution in [0.1, 0.15) is 11.1 Å². The molecule has 0 bridgehead atoms. The van der Waals surface area contributed by atoms with Crippen LogP contribution in [-0.4, -0.2) is 23.0 Å². The summed E-state index contributed by atoms with van der Waals surface area (Å²) in [6, 6.07) is 27.0. The molecule has 4 aromatic carbocycles. The number of furan rings is 1. The van der Waals surface area contributed by atoms with E-state index >= 15 is 0 Å². The molecule has 38 heavy (non-hydrogen) atoms. The molecule has 0 radical (unpaired) electrons. The first-order valence-electron chi connectivity index (χ1n) is 11.9. The van der Waals surface area contributed by atoms with Gasteiger partial charge in [0.05, 0.1) is 4.92 Å². The van der Waals surface area contributed by atoms with E-state index in [-0.39, 0.29) is 18.7 Å². The fourth-order valence-corrected chi connectivity index (χ4v) is 4.14. The van der Waals surface area contributed by atoms with Crippen molar-refractivity contribution in [3.63, 3.8) is 0 Å². The van der Waals surface area contributed by atoms with Gasteiger partial charge in [-0.3, -0.25) is 14.9 Å². The molecule has 1 heterocycles. The summed E-state index contributed by atoms with van der Waals surface area (Å²) >= 11 is 0. The molecule has 0 saturated heterocycles. The van der Waals surface area contributed by atoms with Gasteiger partial charge in [-0.2, -0.15) is 0 Å². The predicted molar refractivity (Wildman–Crippen MR) is 143 cm³/mol. The van der Waals surface area contributed by atoms with Crippen LogP contribution in [0.5, 0.6) is 0 Å². The number of ether oxygens (including phenoxy) is 1. The van der Waals surface area contributed by atoms with Crippen molar-refractivity contribution < 1.29 is 23.7 Å². The number of non-ortho nitro benzene ring substituents is 1. The Morgan fingerprint density at radius 1 is 0.842 bits per heavy atom. The lowest BCUT2D eigenvalue weighted by Crippen LogP contribution is -2.45. The Morgan fingerprint density at radius 3 is 2.32 bits per heavy atom. The van der Waals surface area contributed by atoms with Crippen LogP contribution in [-0.2, 0) is 22.6 Å². The number of benzene rings is 4. The van der Waals surface area contributed by atoms with E-state index in [4.69, 9.17) is 9.15 Å². The molecule has 0 aliphatic heterocycles. The zero-order valence-electron chi connectivity index (χ0n) is 20.1. The minimum absolute atomic E-state index is 0.0429. The standard InChI is InChI=1S/C29H23N3O6/c33-28(30-21-12-15-24-23-8-4-5-9-26(23)38-27(24)17-21)25(16-19-10-13-22(14-11-19)32(35)36)31-29(34)37-18-20-6-2-1-3-7-20/h1-15,17,25H,16,18H2,(H,30,33)(H,31,34)/t25-/m0/s1. The number of nitro groups is 1. The SMILES string of the molecule is O=C(N[C@@H](Cc1ccc([N+](=O)[O-])cc1)C(=O)Nc1ccc2c(c1)oc1ccccc12)OCc1ccccc1. The molecule has 9 heteroatoms. The van der Waals surface area contributed by atoms with Crippen molar-refractivity contribution in [2.45, 2.75) is 19.1 Å². The van der Waals surface area contributed by atoms with Gasteiger partial charge >= 0.3 is 6.09 Å². The number of anilines is 1. The molecule has 5 aromatic rings. The molecule has 2 N–H and O–H groups in total.